The molecule has 9 nitrogen and oxygen atoms in total. The average Bonchev–Trinajstić information content (AvgIpc) is 3.45. The summed E-state index contributed by atoms with van der Waals surface area (Å²) in [4.78, 5) is 3.50. The molecule has 3 aromatic carbocycles. The van der Waals surface area contributed by atoms with Crippen LogP contribution in [0.4, 0.5) is 5.69 Å². The molecule has 1 aliphatic heterocycles. The summed E-state index contributed by atoms with van der Waals surface area (Å²) >= 11 is 2.87. The fraction of sp³-hybridized carbons (Fsp3) is 0.214. The molecule has 0 saturated heterocycles. The van der Waals surface area contributed by atoms with E-state index in [1.54, 1.807) is 6.07 Å². The summed E-state index contributed by atoms with van der Waals surface area (Å²) in [5.41, 5.74) is 3.47. The molecule has 0 atom stereocenters. The lowest BCUT2D eigenvalue weighted by Crippen LogP contribution is -2.25. The molecule has 1 aromatic heterocycles. The highest BCUT2D eigenvalue weighted by atomic mass is 32.2. The summed E-state index contributed by atoms with van der Waals surface area (Å²) < 4.78 is 77.6. The van der Waals surface area contributed by atoms with E-state index < -0.39 is 31.7 Å². The molecule has 0 spiro atoms. The largest absolute Gasteiger partial charge is 0.493 e. The van der Waals surface area contributed by atoms with Crippen molar-refractivity contribution in [3.63, 3.8) is 0 Å². The Labute approximate surface area is 246 Å². The van der Waals surface area contributed by atoms with Gasteiger partial charge in [-0.15, -0.1) is 11.3 Å². The number of nitrogens with zero attached hydrogens (tertiary/aromatic N) is 1. The lowest BCUT2D eigenvalue weighted by atomic mass is 10.0. The number of thioether (sulfide) groups is 1. The molecule has 0 radical (unpaired) electrons. The van der Waals surface area contributed by atoms with Gasteiger partial charge in [-0.05, 0) is 47.4 Å². The Morgan fingerprint density at radius 1 is 0.854 bits per heavy atom. The van der Waals surface area contributed by atoms with Gasteiger partial charge in [-0.2, -0.15) is 16.8 Å². The number of hydrogen-bond donors (Lipinski definition) is 2. The molecule has 0 amide bonds. The Hall–Kier alpha value is -3.07. The molecule has 41 heavy (non-hydrogen) atoms. The Morgan fingerprint density at radius 2 is 1.54 bits per heavy atom. The first-order valence-corrected chi connectivity index (χ1v) is 17.2. The van der Waals surface area contributed by atoms with Crippen molar-refractivity contribution in [2.45, 2.75) is 11.3 Å². The molecule has 0 fully saturated rings. The lowest BCUT2D eigenvalue weighted by Gasteiger charge is -2.20. The molecule has 0 bridgehead atoms. The molecule has 216 valence electrons. The molecule has 2 heterocycles. The topological polar surface area (TPSA) is 130 Å². The van der Waals surface area contributed by atoms with Crippen molar-refractivity contribution in [2.75, 3.05) is 37.2 Å². The Kier molecular flexibility index (Phi) is 8.37. The summed E-state index contributed by atoms with van der Waals surface area (Å²) in [5.74, 6) is 0.0589. The minimum atomic E-state index is -4.24. The predicted octanol–water partition coefficient (Wildman–Crippen LogP) is 5.81. The summed E-state index contributed by atoms with van der Waals surface area (Å²) in [5, 5.41) is 1.48. The minimum absolute atomic E-state index is 0.00973. The second-order valence-electron chi connectivity index (χ2n) is 9.26. The third-order valence-electron chi connectivity index (χ3n) is 6.60. The van der Waals surface area contributed by atoms with Crippen LogP contribution in [0.5, 0.6) is 11.5 Å². The van der Waals surface area contributed by atoms with Crippen molar-refractivity contribution >= 4 is 65.2 Å². The molecule has 5 rings (SSSR count). The number of rotatable bonds is 10. The monoisotopic (exact) mass is 633 g/mol. The van der Waals surface area contributed by atoms with E-state index in [0.717, 1.165) is 36.7 Å². The first-order valence-electron chi connectivity index (χ1n) is 12.4. The van der Waals surface area contributed by atoms with Crippen molar-refractivity contribution < 1.29 is 35.4 Å². The van der Waals surface area contributed by atoms with E-state index in [2.05, 4.69) is 0 Å². The van der Waals surface area contributed by atoms with Crippen molar-refractivity contribution in [3.8, 4) is 22.6 Å². The normalized spacial score (nSPS) is 14.5. The summed E-state index contributed by atoms with van der Waals surface area (Å²) in [6, 6.07) is 19.4. The maximum atomic E-state index is 11.7. The Bertz CT molecular complexity index is 1850. The van der Waals surface area contributed by atoms with Crippen LogP contribution in [0.2, 0.25) is 0 Å². The molecule has 4 aromatic rings. The van der Waals surface area contributed by atoms with Crippen LogP contribution in [0, 0.1) is 0 Å². The van der Waals surface area contributed by atoms with Crippen LogP contribution >= 0.6 is 23.1 Å². The molecule has 0 aliphatic carbocycles. The number of fused-ring (bicyclic) bond motifs is 2. The van der Waals surface area contributed by atoms with E-state index in [4.69, 9.17) is 9.47 Å². The number of anilines is 1. The van der Waals surface area contributed by atoms with Crippen molar-refractivity contribution in [2.24, 2.45) is 0 Å². The second kappa shape index (κ2) is 11.7. The molecular weight excluding hydrogens is 607 g/mol. The van der Waals surface area contributed by atoms with Crippen LogP contribution < -0.4 is 14.4 Å². The standard InChI is InChI=1S/C28H27NO8S4/c1-36-23-15-21-20(10-12-40(30,31)32)27(38-26(21)16-24(23)37-2)17-28-29(11-13-41(33,34)35)22-14-19(8-9-25(22)39-28)18-6-4-3-5-7-18/h3-9,14-17H,10-13H2,1-2H3,(H,30,31,32)(H,33,34,35)/b28-17-. The van der Waals surface area contributed by atoms with Gasteiger partial charge in [-0.25, -0.2) is 0 Å². The number of ether oxygens (including phenoxy) is 2. The minimum Gasteiger partial charge on any atom is -0.493 e. The van der Waals surface area contributed by atoms with Crippen molar-refractivity contribution in [1.82, 2.24) is 0 Å². The van der Waals surface area contributed by atoms with Gasteiger partial charge in [0.25, 0.3) is 20.2 Å². The highest BCUT2D eigenvalue weighted by Crippen LogP contribution is 2.49. The van der Waals surface area contributed by atoms with Crippen molar-refractivity contribution in [3.05, 3.63) is 76.1 Å². The van der Waals surface area contributed by atoms with Gasteiger partial charge >= 0.3 is 0 Å². The zero-order chi connectivity index (χ0) is 29.4. The number of thiophene rings is 1. The first kappa shape index (κ1) is 29.4. The fourth-order valence-corrected chi connectivity index (χ4v) is 7.93. The number of hydrogen-bond acceptors (Lipinski definition) is 9. The van der Waals surface area contributed by atoms with E-state index in [0.29, 0.717) is 22.1 Å². The van der Waals surface area contributed by atoms with Crippen LogP contribution in [0.15, 0.2) is 70.6 Å². The maximum absolute atomic E-state index is 11.7. The fourth-order valence-electron chi connectivity index (χ4n) is 4.67. The van der Waals surface area contributed by atoms with Gasteiger partial charge in [0.15, 0.2) is 11.5 Å². The van der Waals surface area contributed by atoms with Gasteiger partial charge in [0.05, 0.1) is 36.4 Å². The van der Waals surface area contributed by atoms with Gasteiger partial charge in [0.1, 0.15) is 0 Å². The lowest BCUT2D eigenvalue weighted by molar-refractivity contribution is 0.356. The Balaban J connectivity index is 1.63. The van der Waals surface area contributed by atoms with E-state index in [9.17, 15) is 25.9 Å². The maximum Gasteiger partial charge on any atom is 0.266 e. The Morgan fingerprint density at radius 3 is 2.20 bits per heavy atom. The molecule has 2 N–H and O–H groups in total. The van der Waals surface area contributed by atoms with E-state index >= 15 is 0 Å². The van der Waals surface area contributed by atoms with Crippen LogP contribution in [-0.4, -0.2) is 58.2 Å². The predicted molar refractivity (Wildman–Crippen MR) is 165 cm³/mol. The number of aryl methyl sites for hydroxylation is 1. The van der Waals surface area contributed by atoms with Crippen molar-refractivity contribution in [1.29, 1.82) is 0 Å². The summed E-state index contributed by atoms with van der Waals surface area (Å²) in [6.45, 7) is 0.00973. The zero-order valence-corrected chi connectivity index (χ0v) is 25.4. The summed E-state index contributed by atoms with van der Waals surface area (Å²) in [7, 11) is -5.43. The third-order valence-corrected chi connectivity index (χ3v) is 10.3. The van der Waals surface area contributed by atoms with Gasteiger partial charge < -0.3 is 14.4 Å². The third kappa shape index (κ3) is 6.71. The van der Waals surface area contributed by atoms with Gasteiger partial charge in [-0.1, -0.05) is 48.2 Å². The van der Waals surface area contributed by atoms with E-state index in [1.165, 1.54) is 37.3 Å². The van der Waals surface area contributed by atoms with Gasteiger partial charge in [0.2, 0.25) is 0 Å². The number of methoxy groups -OCH3 is 2. The van der Waals surface area contributed by atoms with Crippen LogP contribution in [0.3, 0.4) is 0 Å². The average molecular weight is 634 g/mol. The molecule has 0 saturated carbocycles. The summed E-state index contributed by atoms with van der Waals surface area (Å²) in [6.07, 6.45) is 1.94. The molecule has 1 aliphatic rings. The first-order chi connectivity index (χ1) is 19.5. The second-order valence-corrected chi connectivity index (χ2v) is 14.5. The smallest absolute Gasteiger partial charge is 0.266 e. The molecule has 0 unspecified atom stereocenters. The quantitative estimate of drug-likeness (QED) is 0.206. The number of benzene rings is 3. The van der Waals surface area contributed by atoms with Gasteiger partial charge in [0, 0.05) is 32.5 Å². The molecular formula is C28H27NO8S4. The van der Waals surface area contributed by atoms with E-state index in [-0.39, 0.29) is 13.0 Å². The van der Waals surface area contributed by atoms with E-state index in [1.807, 2.05) is 65.6 Å². The van der Waals surface area contributed by atoms with Crippen LogP contribution in [-0.2, 0) is 26.7 Å². The van der Waals surface area contributed by atoms with Gasteiger partial charge in [-0.3, -0.25) is 9.11 Å². The SMILES string of the molecule is COc1cc2sc(/C=C3\Sc4ccc(-c5ccccc5)cc4N3CCS(=O)(=O)O)c(CCS(=O)(=O)O)c2cc1OC. The highest BCUT2D eigenvalue weighted by molar-refractivity contribution is 8.04. The highest BCUT2D eigenvalue weighted by Gasteiger charge is 2.28. The van der Waals surface area contributed by atoms with Crippen LogP contribution in [0.25, 0.3) is 27.3 Å². The zero-order valence-electron chi connectivity index (χ0n) is 22.1. The molecule has 13 heteroatoms. The van der Waals surface area contributed by atoms with Crippen LogP contribution in [0.1, 0.15) is 10.4 Å².